The molecule has 0 saturated heterocycles. The lowest BCUT2D eigenvalue weighted by Crippen LogP contribution is -2.20. The van der Waals surface area contributed by atoms with Gasteiger partial charge in [-0.2, -0.15) is 0 Å². The van der Waals surface area contributed by atoms with Gasteiger partial charge in [-0.1, -0.05) is 29.8 Å². The van der Waals surface area contributed by atoms with Crippen LogP contribution in [0.15, 0.2) is 54.7 Å². The maximum Gasteiger partial charge on any atom is 0.331 e. The van der Waals surface area contributed by atoms with E-state index in [1.54, 1.807) is 22.7 Å². The van der Waals surface area contributed by atoms with E-state index in [1.165, 1.54) is 12.2 Å². The molecule has 0 radical (unpaired) electrons. The number of amides is 1. The summed E-state index contributed by atoms with van der Waals surface area (Å²) in [5.41, 5.74) is 2.90. The molecule has 0 fully saturated rings. The number of carbonyl (C=O) groups is 2. The minimum atomic E-state index is -0.647. The number of hydrogen-bond acceptors (Lipinski definition) is 4. The van der Waals surface area contributed by atoms with Crippen molar-refractivity contribution in [2.45, 2.75) is 6.92 Å². The molecule has 132 valence electrons. The van der Waals surface area contributed by atoms with Crippen LogP contribution in [0.4, 0.5) is 5.69 Å². The van der Waals surface area contributed by atoms with Crippen molar-refractivity contribution in [1.29, 1.82) is 0 Å². The molecule has 6 nitrogen and oxygen atoms in total. The molecule has 3 aromatic rings. The van der Waals surface area contributed by atoms with Gasteiger partial charge in [0.05, 0.1) is 5.69 Å². The zero-order valence-electron chi connectivity index (χ0n) is 14.0. The normalized spacial score (nSPS) is 11.0. The molecule has 1 N–H and O–H groups in total. The minimum Gasteiger partial charge on any atom is -0.452 e. The lowest BCUT2D eigenvalue weighted by atomic mass is 10.2. The van der Waals surface area contributed by atoms with Crippen molar-refractivity contribution in [3.63, 3.8) is 0 Å². The molecule has 0 bridgehead atoms. The molecule has 1 amide bonds. The summed E-state index contributed by atoms with van der Waals surface area (Å²) in [4.78, 5) is 27.9. The molecule has 0 aliphatic rings. The molecule has 0 spiro atoms. The summed E-state index contributed by atoms with van der Waals surface area (Å²) in [5.74, 6) is -1.06. The Morgan fingerprint density at radius 1 is 1.27 bits per heavy atom. The molecule has 3 rings (SSSR count). The second kappa shape index (κ2) is 7.84. The van der Waals surface area contributed by atoms with Gasteiger partial charge in [-0.05, 0) is 42.8 Å². The summed E-state index contributed by atoms with van der Waals surface area (Å²) in [6.45, 7) is 1.55. The van der Waals surface area contributed by atoms with Gasteiger partial charge in [-0.3, -0.25) is 9.20 Å². The second-order valence-corrected chi connectivity index (χ2v) is 5.93. The average molecular weight is 370 g/mol. The maximum absolute atomic E-state index is 11.8. The number of imidazole rings is 1. The van der Waals surface area contributed by atoms with Gasteiger partial charge in [0.25, 0.3) is 5.91 Å². The Kier molecular flexibility index (Phi) is 5.34. The van der Waals surface area contributed by atoms with Gasteiger partial charge < -0.3 is 10.1 Å². The number of hydrogen-bond donors (Lipinski definition) is 1. The van der Waals surface area contributed by atoms with Crippen LogP contribution in [0.3, 0.4) is 0 Å². The molecule has 0 atom stereocenters. The van der Waals surface area contributed by atoms with E-state index < -0.39 is 11.9 Å². The first-order chi connectivity index (χ1) is 12.5. The van der Waals surface area contributed by atoms with E-state index in [0.29, 0.717) is 17.0 Å². The fraction of sp³-hybridized carbons (Fsp3) is 0.105. The topological polar surface area (TPSA) is 72.7 Å². The number of carbonyl (C=O) groups excluding carboxylic acids is 2. The quantitative estimate of drug-likeness (QED) is 0.552. The highest BCUT2D eigenvalue weighted by molar-refractivity contribution is 6.31. The van der Waals surface area contributed by atoms with E-state index in [2.05, 4.69) is 10.3 Å². The zero-order chi connectivity index (χ0) is 18.5. The molecule has 26 heavy (non-hydrogen) atoms. The Labute approximate surface area is 155 Å². The first-order valence-electron chi connectivity index (χ1n) is 7.87. The van der Waals surface area contributed by atoms with Crippen LogP contribution < -0.4 is 5.32 Å². The molecule has 7 heteroatoms. The number of anilines is 1. The summed E-state index contributed by atoms with van der Waals surface area (Å²) >= 11 is 6.08. The molecule has 0 aliphatic heterocycles. The first kappa shape index (κ1) is 17.7. The Morgan fingerprint density at radius 3 is 2.92 bits per heavy atom. The van der Waals surface area contributed by atoms with Crippen LogP contribution in [0.25, 0.3) is 11.7 Å². The second-order valence-electron chi connectivity index (χ2n) is 5.58. The molecule has 0 unspecified atom stereocenters. The molecular formula is C19H16ClN3O3. The van der Waals surface area contributed by atoms with Crippen LogP contribution in [0, 0.1) is 6.92 Å². The van der Waals surface area contributed by atoms with E-state index in [1.807, 2.05) is 37.3 Å². The van der Waals surface area contributed by atoms with Gasteiger partial charge >= 0.3 is 5.97 Å². The van der Waals surface area contributed by atoms with Crippen LogP contribution in [-0.4, -0.2) is 27.9 Å². The smallest absolute Gasteiger partial charge is 0.331 e. The van der Waals surface area contributed by atoms with E-state index in [0.717, 1.165) is 5.56 Å². The van der Waals surface area contributed by atoms with Crippen LogP contribution in [0.5, 0.6) is 0 Å². The van der Waals surface area contributed by atoms with Crippen molar-refractivity contribution < 1.29 is 14.3 Å². The molecule has 2 heterocycles. The Balaban J connectivity index is 1.57. The van der Waals surface area contributed by atoms with Gasteiger partial charge in [0.2, 0.25) is 0 Å². The van der Waals surface area contributed by atoms with E-state index >= 15 is 0 Å². The van der Waals surface area contributed by atoms with E-state index in [4.69, 9.17) is 16.3 Å². The SMILES string of the molecule is Cc1cccc(NC(=O)COC(=O)/C=C/c2c(Cl)nc3ccccn23)c1. The van der Waals surface area contributed by atoms with Crippen molar-refractivity contribution >= 4 is 40.9 Å². The minimum absolute atomic E-state index is 0.275. The monoisotopic (exact) mass is 369 g/mol. The average Bonchev–Trinajstić information content (AvgIpc) is 2.93. The van der Waals surface area contributed by atoms with Crippen molar-refractivity contribution in [3.05, 3.63) is 71.1 Å². The standard InChI is InChI=1S/C19H16ClN3O3/c1-13-5-4-6-14(11-13)21-17(24)12-26-18(25)9-8-15-19(20)22-16-7-2-3-10-23(15)16/h2-11H,12H2,1H3,(H,21,24)/b9-8+. The number of benzene rings is 1. The number of aromatic nitrogens is 2. The van der Waals surface area contributed by atoms with Gasteiger partial charge in [0.15, 0.2) is 11.8 Å². The zero-order valence-corrected chi connectivity index (χ0v) is 14.7. The van der Waals surface area contributed by atoms with Gasteiger partial charge in [0.1, 0.15) is 5.65 Å². The van der Waals surface area contributed by atoms with Crippen LogP contribution in [0.1, 0.15) is 11.3 Å². The predicted molar refractivity (Wildman–Crippen MR) is 100 cm³/mol. The summed E-state index contributed by atoms with van der Waals surface area (Å²) in [5, 5.41) is 2.94. The van der Waals surface area contributed by atoms with Crippen LogP contribution in [-0.2, 0) is 14.3 Å². The third-order valence-electron chi connectivity index (χ3n) is 3.55. The fourth-order valence-corrected chi connectivity index (χ4v) is 2.63. The molecular weight excluding hydrogens is 354 g/mol. The van der Waals surface area contributed by atoms with Crippen LogP contribution >= 0.6 is 11.6 Å². The van der Waals surface area contributed by atoms with Crippen molar-refractivity contribution in [1.82, 2.24) is 9.38 Å². The molecule has 0 saturated carbocycles. The number of nitrogens with one attached hydrogen (secondary N) is 1. The number of esters is 1. The van der Waals surface area contributed by atoms with Crippen molar-refractivity contribution in [3.8, 4) is 0 Å². The maximum atomic E-state index is 11.8. The summed E-state index contributed by atoms with van der Waals surface area (Å²) < 4.78 is 6.69. The number of ether oxygens (including phenoxy) is 1. The van der Waals surface area contributed by atoms with Crippen LogP contribution in [0.2, 0.25) is 5.15 Å². The van der Waals surface area contributed by atoms with E-state index in [9.17, 15) is 9.59 Å². The fourth-order valence-electron chi connectivity index (χ4n) is 2.39. The Bertz CT molecular complexity index is 995. The Hall–Kier alpha value is -3.12. The molecule has 1 aromatic carbocycles. The predicted octanol–water partition coefficient (Wildman–Crippen LogP) is 3.49. The highest BCUT2D eigenvalue weighted by Crippen LogP contribution is 2.18. The third-order valence-corrected chi connectivity index (χ3v) is 3.82. The molecule has 0 aliphatic carbocycles. The lowest BCUT2D eigenvalue weighted by Gasteiger charge is -2.06. The van der Waals surface area contributed by atoms with Crippen molar-refractivity contribution in [2.24, 2.45) is 0 Å². The number of aryl methyl sites for hydroxylation is 1. The third kappa shape index (κ3) is 4.29. The first-order valence-corrected chi connectivity index (χ1v) is 8.24. The highest BCUT2D eigenvalue weighted by atomic mass is 35.5. The number of nitrogens with zero attached hydrogens (tertiary/aromatic N) is 2. The number of pyridine rings is 1. The largest absolute Gasteiger partial charge is 0.452 e. The number of halogens is 1. The van der Waals surface area contributed by atoms with E-state index in [-0.39, 0.29) is 11.8 Å². The Morgan fingerprint density at radius 2 is 2.12 bits per heavy atom. The number of fused-ring (bicyclic) bond motifs is 1. The lowest BCUT2D eigenvalue weighted by molar-refractivity contribution is -0.142. The van der Waals surface area contributed by atoms with Gasteiger partial charge in [-0.25, -0.2) is 9.78 Å². The van der Waals surface area contributed by atoms with Gasteiger partial charge in [0, 0.05) is 18.0 Å². The summed E-state index contributed by atoms with van der Waals surface area (Å²) in [6.07, 6.45) is 4.50. The number of rotatable bonds is 5. The molecule has 2 aromatic heterocycles. The summed E-state index contributed by atoms with van der Waals surface area (Å²) in [6, 6.07) is 12.8. The summed E-state index contributed by atoms with van der Waals surface area (Å²) in [7, 11) is 0. The van der Waals surface area contributed by atoms with Gasteiger partial charge in [-0.15, -0.1) is 0 Å². The highest BCUT2D eigenvalue weighted by Gasteiger charge is 2.09. The van der Waals surface area contributed by atoms with Crippen molar-refractivity contribution in [2.75, 3.05) is 11.9 Å².